The Bertz CT molecular complexity index is 848. The molecule has 4 heteroatoms. The summed E-state index contributed by atoms with van der Waals surface area (Å²) in [5.74, 6) is -0.275. The van der Waals surface area contributed by atoms with Crippen LogP contribution in [0.15, 0.2) is 54.6 Å². The van der Waals surface area contributed by atoms with Crippen molar-refractivity contribution in [1.29, 1.82) is 0 Å². The first kappa shape index (κ1) is 22.7. The Balaban J connectivity index is 1.35. The van der Waals surface area contributed by atoms with Crippen molar-refractivity contribution in [2.75, 3.05) is 6.54 Å². The fourth-order valence-electron chi connectivity index (χ4n) is 5.34. The molecule has 0 radical (unpaired) electrons. The average Bonchev–Trinajstić information content (AvgIpc) is 2.87. The number of nitrogens with one attached hydrogen (secondary N) is 1. The third-order valence-electron chi connectivity index (χ3n) is 7.17. The first-order chi connectivity index (χ1) is 15.7. The molecule has 0 heterocycles. The van der Waals surface area contributed by atoms with Crippen molar-refractivity contribution in [3.63, 3.8) is 0 Å². The van der Waals surface area contributed by atoms with E-state index >= 15 is 0 Å². The van der Waals surface area contributed by atoms with Crippen LogP contribution in [-0.4, -0.2) is 35.2 Å². The van der Waals surface area contributed by atoms with Crippen molar-refractivity contribution in [2.24, 2.45) is 0 Å². The van der Waals surface area contributed by atoms with Crippen molar-refractivity contribution in [1.82, 2.24) is 10.2 Å². The molecular formula is C28H36N2O2. The molecule has 2 aliphatic rings. The van der Waals surface area contributed by atoms with Crippen molar-refractivity contribution >= 4 is 11.7 Å². The summed E-state index contributed by atoms with van der Waals surface area (Å²) < 4.78 is 0. The van der Waals surface area contributed by atoms with Crippen LogP contribution in [0.25, 0.3) is 0 Å². The number of carbonyl (C=O) groups excluding carboxylic acids is 2. The van der Waals surface area contributed by atoms with Gasteiger partial charge in [0.1, 0.15) is 0 Å². The van der Waals surface area contributed by atoms with Crippen molar-refractivity contribution in [3.8, 4) is 0 Å². The van der Waals surface area contributed by atoms with Crippen molar-refractivity contribution in [3.05, 3.63) is 71.3 Å². The van der Waals surface area contributed by atoms with Crippen molar-refractivity contribution < 1.29 is 9.59 Å². The lowest BCUT2D eigenvalue weighted by Gasteiger charge is -2.41. The second kappa shape index (κ2) is 11.4. The van der Waals surface area contributed by atoms with Crippen LogP contribution in [0.5, 0.6) is 0 Å². The van der Waals surface area contributed by atoms with Crippen LogP contribution in [0.2, 0.25) is 0 Å². The summed E-state index contributed by atoms with van der Waals surface area (Å²) in [5.41, 5.74) is 2.50. The van der Waals surface area contributed by atoms with E-state index in [0.29, 0.717) is 23.2 Å². The molecule has 0 saturated heterocycles. The van der Waals surface area contributed by atoms with Gasteiger partial charge < -0.3 is 5.32 Å². The first-order valence-corrected chi connectivity index (χ1v) is 12.4. The molecule has 0 bridgehead atoms. The van der Waals surface area contributed by atoms with Gasteiger partial charge in [-0.15, -0.1) is 0 Å². The standard InChI is InChI=1S/C28H36N2O2/c31-27(23-10-4-1-5-11-23)20-29-28(32)24-18-16-22(17-19-24)21-30(25-12-6-2-7-13-25)26-14-8-3-9-15-26/h1,4-5,10-11,16-19,25-26H,2-3,6-9,12-15,20-21H2,(H,29,32). The number of benzene rings is 2. The van der Waals surface area contributed by atoms with Gasteiger partial charge in [0, 0.05) is 29.8 Å². The van der Waals surface area contributed by atoms with Crippen LogP contribution < -0.4 is 5.32 Å². The van der Waals surface area contributed by atoms with E-state index in [9.17, 15) is 9.59 Å². The minimum Gasteiger partial charge on any atom is -0.345 e. The highest BCUT2D eigenvalue weighted by Gasteiger charge is 2.28. The van der Waals surface area contributed by atoms with E-state index in [4.69, 9.17) is 0 Å². The van der Waals surface area contributed by atoms with Crippen LogP contribution in [0.3, 0.4) is 0 Å². The molecule has 0 aromatic heterocycles. The normalized spacial score (nSPS) is 17.9. The Hall–Kier alpha value is -2.46. The molecule has 1 amide bonds. The van der Waals surface area contributed by atoms with E-state index in [0.717, 1.165) is 6.54 Å². The summed E-state index contributed by atoms with van der Waals surface area (Å²) in [7, 11) is 0. The molecule has 4 rings (SSSR count). The fraction of sp³-hybridized carbons (Fsp3) is 0.500. The average molecular weight is 433 g/mol. The van der Waals surface area contributed by atoms with E-state index in [1.807, 2.05) is 30.3 Å². The number of nitrogens with zero attached hydrogens (tertiary/aromatic N) is 1. The number of amides is 1. The van der Waals surface area contributed by atoms with Crippen LogP contribution in [0.1, 0.15) is 90.5 Å². The van der Waals surface area contributed by atoms with Gasteiger partial charge in [0.25, 0.3) is 5.91 Å². The Morgan fingerprint density at radius 3 is 1.84 bits per heavy atom. The second-order valence-electron chi connectivity index (χ2n) is 9.42. The molecule has 1 N–H and O–H groups in total. The zero-order valence-corrected chi connectivity index (χ0v) is 19.1. The lowest BCUT2D eigenvalue weighted by molar-refractivity contribution is 0.0731. The van der Waals surface area contributed by atoms with Gasteiger partial charge in [-0.3, -0.25) is 14.5 Å². The summed E-state index contributed by atoms with van der Waals surface area (Å²) in [4.78, 5) is 27.6. The maximum atomic E-state index is 12.5. The number of hydrogen-bond acceptors (Lipinski definition) is 3. The number of hydrogen-bond donors (Lipinski definition) is 1. The summed E-state index contributed by atoms with van der Waals surface area (Å²) in [5, 5.41) is 2.76. The van der Waals surface area contributed by atoms with Gasteiger partial charge in [0.05, 0.1) is 6.54 Å². The van der Waals surface area contributed by atoms with Crippen LogP contribution >= 0.6 is 0 Å². The Morgan fingerprint density at radius 1 is 0.719 bits per heavy atom. The predicted octanol–water partition coefficient (Wildman–Crippen LogP) is 5.77. The van der Waals surface area contributed by atoms with E-state index in [-0.39, 0.29) is 18.2 Å². The molecule has 2 fully saturated rings. The Kier molecular flexibility index (Phi) is 8.11. The first-order valence-electron chi connectivity index (χ1n) is 12.4. The number of ketones is 1. The third kappa shape index (κ3) is 6.07. The SMILES string of the molecule is O=C(CNC(=O)c1ccc(CN(C2CCCCC2)C2CCCCC2)cc1)c1ccccc1. The van der Waals surface area contributed by atoms with E-state index in [1.54, 1.807) is 12.1 Å². The van der Waals surface area contributed by atoms with Crippen molar-refractivity contribution in [2.45, 2.75) is 82.8 Å². The van der Waals surface area contributed by atoms with Gasteiger partial charge in [0.15, 0.2) is 5.78 Å². The van der Waals surface area contributed by atoms with Gasteiger partial charge in [0.2, 0.25) is 0 Å². The van der Waals surface area contributed by atoms with E-state index in [2.05, 4.69) is 22.3 Å². The lowest BCUT2D eigenvalue weighted by Crippen LogP contribution is -2.44. The van der Waals surface area contributed by atoms with Crippen LogP contribution in [-0.2, 0) is 6.54 Å². The largest absolute Gasteiger partial charge is 0.345 e. The maximum Gasteiger partial charge on any atom is 0.251 e. The predicted molar refractivity (Wildman–Crippen MR) is 129 cm³/mol. The quantitative estimate of drug-likeness (QED) is 0.539. The number of rotatable bonds is 8. The van der Waals surface area contributed by atoms with E-state index < -0.39 is 0 Å². The molecule has 2 aliphatic carbocycles. The molecule has 2 aromatic carbocycles. The smallest absolute Gasteiger partial charge is 0.251 e. The second-order valence-corrected chi connectivity index (χ2v) is 9.42. The fourth-order valence-corrected chi connectivity index (χ4v) is 5.34. The highest BCUT2D eigenvalue weighted by molar-refractivity contribution is 6.02. The molecule has 32 heavy (non-hydrogen) atoms. The Labute approximate surface area is 192 Å². The van der Waals surface area contributed by atoms with Gasteiger partial charge >= 0.3 is 0 Å². The van der Waals surface area contributed by atoms with E-state index in [1.165, 1.54) is 69.8 Å². The molecule has 170 valence electrons. The monoisotopic (exact) mass is 432 g/mol. The summed E-state index contributed by atoms with van der Waals surface area (Å²) >= 11 is 0. The number of carbonyl (C=O) groups is 2. The summed E-state index contributed by atoms with van der Waals surface area (Å²) in [6.45, 7) is 0.992. The van der Waals surface area contributed by atoms with Gasteiger partial charge in [-0.25, -0.2) is 0 Å². The molecule has 2 aromatic rings. The minimum absolute atomic E-state index is 0.0156. The third-order valence-corrected chi connectivity index (χ3v) is 7.17. The summed E-state index contributed by atoms with van der Waals surface area (Å²) in [6, 6.07) is 18.5. The highest BCUT2D eigenvalue weighted by Crippen LogP contribution is 2.31. The van der Waals surface area contributed by atoms with Gasteiger partial charge in [-0.2, -0.15) is 0 Å². The van der Waals surface area contributed by atoms with Crippen LogP contribution in [0.4, 0.5) is 0 Å². The molecule has 2 saturated carbocycles. The van der Waals surface area contributed by atoms with Gasteiger partial charge in [-0.1, -0.05) is 81.0 Å². The van der Waals surface area contributed by atoms with Crippen LogP contribution in [0, 0.1) is 0 Å². The molecule has 0 unspecified atom stereocenters. The summed E-state index contributed by atoms with van der Waals surface area (Å²) in [6.07, 6.45) is 13.5. The molecule has 0 spiro atoms. The lowest BCUT2D eigenvalue weighted by atomic mass is 9.88. The topological polar surface area (TPSA) is 49.4 Å². The minimum atomic E-state index is -0.197. The molecular weight excluding hydrogens is 396 g/mol. The highest BCUT2D eigenvalue weighted by atomic mass is 16.2. The zero-order valence-electron chi connectivity index (χ0n) is 19.1. The van der Waals surface area contributed by atoms with Gasteiger partial charge in [-0.05, 0) is 43.4 Å². The molecule has 0 atom stereocenters. The zero-order chi connectivity index (χ0) is 22.2. The number of Topliss-reactive ketones (excluding diaryl/α,β-unsaturated/α-hetero) is 1. The Morgan fingerprint density at radius 2 is 1.28 bits per heavy atom. The molecule has 4 nitrogen and oxygen atoms in total. The maximum absolute atomic E-state index is 12.5. The molecule has 0 aliphatic heterocycles.